The van der Waals surface area contributed by atoms with Gasteiger partial charge in [0.25, 0.3) is 0 Å². The van der Waals surface area contributed by atoms with E-state index < -0.39 is 0 Å². The molecule has 16 heavy (non-hydrogen) atoms. The highest BCUT2D eigenvalue weighted by atomic mass is 15.2. The van der Waals surface area contributed by atoms with E-state index >= 15 is 0 Å². The zero-order valence-electron chi connectivity index (χ0n) is 10.7. The highest BCUT2D eigenvalue weighted by Gasteiger charge is 2.46. The van der Waals surface area contributed by atoms with Gasteiger partial charge in [0.05, 0.1) is 6.07 Å². The molecule has 0 amide bonds. The zero-order chi connectivity index (χ0) is 11.8. The van der Waals surface area contributed by atoms with Crippen LogP contribution in [0, 0.1) is 29.1 Å². The van der Waals surface area contributed by atoms with Crippen molar-refractivity contribution in [3.05, 3.63) is 0 Å². The largest absolute Gasteiger partial charge is 0.303 e. The number of nitriles is 1. The fourth-order valence-corrected chi connectivity index (χ4v) is 2.72. The SMILES string of the molecule is CNC(C#N)(CN(C)CC1CC1C)C1CC1. The first-order valence-electron chi connectivity index (χ1n) is 6.40. The van der Waals surface area contributed by atoms with Gasteiger partial charge in [-0.1, -0.05) is 6.92 Å². The molecule has 3 atom stereocenters. The van der Waals surface area contributed by atoms with Crippen molar-refractivity contribution in [1.82, 2.24) is 10.2 Å². The van der Waals surface area contributed by atoms with E-state index in [0.29, 0.717) is 5.92 Å². The van der Waals surface area contributed by atoms with Gasteiger partial charge in [0.2, 0.25) is 0 Å². The number of rotatable bonds is 6. The minimum Gasteiger partial charge on any atom is -0.303 e. The molecular formula is C13H23N3. The Morgan fingerprint density at radius 1 is 1.50 bits per heavy atom. The summed E-state index contributed by atoms with van der Waals surface area (Å²) in [5.74, 6) is 2.34. The van der Waals surface area contributed by atoms with E-state index in [9.17, 15) is 5.26 Å². The Morgan fingerprint density at radius 3 is 2.50 bits per heavy atom. The first-order valence-corrected chi connectivity index (χ1v) is 6.40. The molecule has 0 saturated heterocycles. The van der Waals surface area contributed by atoms with Crippen LogP contribution in [0.25, 0.3) is 0 Å². The van der Waals surface area contributed by atoms with Crippen molar-refractivity contribution in [1.29, 1.82) is 5.26 Å². The van der Waals surface area contributed by atoms with Crippen molar-refractivity contribution in [2.45, 2.75) is 31.7 Å². The van der Waals surface area contributed by atoms with Gasteiger partial charge in [0.1, 0.15) is 5.54 Å². The fourth-order valence-electron chi connectivity index (χ4n) is 2.72. The fraction of sp³-hybridized carbons (Fsp3) is 0.923. The van der Waals surface area contributed by atoms with Gasteiger partial charge in [-0.15, -0.1) is 0 Å². The number of nitrogens with one attached hydrogen (secondary N) is 1. The molecule has 0 aromatic heterocycles. The Bertz CT molecular complexity index is 292. The summed E-state index contributed by atoms with van der Waals surface area (Å²) in [7, 11) is 4.08. The molecule has 3 unspecified atom stereocenters. The van der Waals surface area contributed by atoms with E-state index in [2.05, 4.69) is 30.3 Å². The lowest BCUT2D eigenvalue weighted by molar-refractivity contribution is 0.228. The van der Waals surface area contributed by atoms with Gasteiger partial charge in [-0.3, -0.25) is 0 Å². The Kier molecular flexibility index (Phi) is 3.23. The summed E-state index contributed by atoms with van der Waals surface area (Å²) in [5.41, 5.74) is -0.299. The molecule has 3 heteroatoms. The van der Waals surface area contributed by atoms with Crippen LogP contribution in [-0.2, 0) is 0 Å². The van der Waals surface area contributed by atoms with Crippen LogP contribution >= 0.6 is 0 Å². The molecule has 0 spiro atoms. The highest BCUT2D eigenvalue weighted by Crippen LogP contribution is 2.41. The summed E-state index contributed by atoms with van der Waals surface area (Å²) in [5, 5.41) is 12.7. The summed E-state index contributed by atoms with van der Waals surface area (Å²) in [6.07, 6.45) is 3.79. The second kappa shape index (κ2) is 4.35. The molecule has 2 saturated carbocycles. The Balaban J connectivity index is 1.87. The van der Waals surface area contributed by atoms with Crippen LogP contribution in [0.1, 0.15) is 26.2 Å². The van der Waals surface area contributed by atoms with Gasteiger partial charge in [0, 0.05) is 13.1 Å². The Labute approximate surface area is 98.8 Å². The second-order valence-electron chi connectivity index (χ2n) is 5.78. The zero-order valence-corrected chi connectivity index (χ0v) is 10.7. The van der Waals surface area contributed by atoms with Crippen LogP contribution in [-0.4, -0.2) is 37.6 Å². The minimum absolute atomic E-state index is 0.299. The predicted octanol–water partition coefficient (Wildman–Crippen LogP) is 1.47. The topological polar surface area (TPSA) is 39.1 Å². The molecule has 3 nitrogen and oxygen atoms in total. The van der Waals surface area contributed by atoms with Crippen molar-refractivity contribution in [3.8, 4) is 6.07 Å². The summed E-state index contributed by atoms with van der Waals surface area (Å²) in [6.45, 7) is 4.34. The van der Waals surface area contributed by atoms with Crippen LogP contribution in [0.15, 0.2) is 0 Å². The first-order chi connectivity index (χ1) is 7.61. The lowest BCUT2D eigenvalue weighted by Gasteiger charge is -2.31. The molecule has 0 aromatic carbocycles. The molecule has 2 aliphatic carbocycles. The van der Waals surface area contributed by atoms with E-state index in [-0.39, 0.29) is 5.54 Å². The third-order valence-electron chi connectivity index (χ3n) is 4.26. The maximum atomic E-state index is 9.40. The number of likely N-dealkylation sites (N-methyl/N-ethyl adjacent to an activating group) is 2. The summed E-state index contributed by atoms with van der Waals surface area (Å²) < 4.78 is 0. The average Bonchev–Trinajstić information content (AvgIpc) is 3.14. The molecule has 0 heterocycles. The molecule has 2 aliphatic rings. The number of nitrogens with zero attached hydrogens (tertiary/aromatic N) is 2. The van der Waals surface area contributed by atoms with E-state index in [0.717, 1.165) is 24.9 Å². The van der Waals surface area contributed by atoms with Gasteiger partial charge in [0.15, 0.2) is 0 Å². The van der Waals surface area contributed by atoms with Crippen LogP contribution in [0.3, 0.4) is 0 Å². The van der Waals surface area contributed by atoms with Crippen LogP contribution in [0.4, 0.5) is 0 Å². The van der Waals surface area contributed by atoms with E-state index in [4.69, 9.17) is 0 Å². The Hall–Kier alpha value is -0.590. The van der Waals surface area contributed by atoms with Crippen molar-refractivity contribution in [3.63, 3.8) is 0 Å². The minimum atomic E-state index is -0.299. The molecule has 2 fully saturated rings. The van der Waals surface area contributed by atoms with Crippen LogP contribution in [0.2, 0.25) is 0 Å². The summed E-state index contributed by atoms with van der Waals surface area (Å²) in [6, 6.07) is 2.51. The van der Waals surface area contributed by atoms with E-state index in [1.807, 2.05) is 7.05 Å². The third kappa shape index (κ3) is 2.39. The van der Waals surface area contributed by atoms with Gasteiger partial charge in [-0.05, 0) is 51.1 Å². The maximum Gasteiger partial charge on any atom is 0.122 e. The second-order valence-corrected chi connectivity index (χ2v) is 5.78. The average molecular weight is 221 g/mol. The Morgan fingerprint density at radius 2 is 2.12 bits per heavy atom. The van der Waals surface area contributed by atoms with Crippen LogP contribution in [0.5, 0.6) is 0 Å². The van der Waals surface area contributed by atoms with Crippen molar-refractivity contribution >= 4 is 0 Å². The van der Waals surface area contributed by atoms with Gasteiger partial charge in [-0.2, -0.15) is 5.26 Å². The molecule has 0 bridgehead atoms. The van der Waals surface area contributed by atoms with Gasteiger partial charge < -0.3 is 10.2 Å². The highest BCUT2D eigenvalue weighted by molar-refractivity contribution is 5.16. The van der Waals surface area contributed by atoms with Crippen LogP contribution < -0.4 is 5.32 Å². The first kappa shape index (κ1) is 11.9. The van der Waals surface area contributed by atoms with Crippen molar-refractivity contribution in [2.75, 3.05) is 27.2 Å². The van der Waals surface area contributed by atoms with Gasteiger partial charge in [-0.25, -0.2) is 0 Å². The van der Waals surface area contributed by atoms with E-state index in [1.54, 1.807) is 0 Å². The molecular weight excluding hydrogens is 198 g/mol. The quantitative estimate of drug-likeness (QED) is 0.738. The molecule has 2 rings (SSSR count). The smallest absolute Gasteiger partial charge is 0.122 e. The van der Waals surface area contributed by atoms with Crippen molar-refractivity contribution in [2.24, 2.45) is 17.8 Å². The number of hydrogen-bond donors (Lipinski definition) is 1. The monoisotopic (exact) mass is 221 g/mol. The molecule has 0 aliphatic heterocycles. The van der Waals surface area contributed by atoms with Crippen molar-refractivity contribution < 1.29 is 0 Å². The molecule has 0 aromatic rings. The summed E-state index contributed by atoms with van der Waals surface area (Å²) in [4.78, 5) is 2.34. The predicted molar refractivity (Wildman–Crippen MR) is 64.9 cm³/mol. The number of hydrogen-bond acceptors (Lipinski definition) is 3. The van der Waals surface area contributed by atoms with Gasteiger partial charge >= 0.3 is 0 Å². The molecule has 0 radical (unpaired) electrons. The molecule has 1 N–H and O–H groups in total. The molecule has 90 valence electrons. The standard InChI is InChI=1S/C13H23N3/c1-10-6-11(10)7-16(3)9-13(8-14,15-2)12-4-5-12/h10-12,15H,4-7,9H2,1-3H3. The lowest BCUT2D eigenvalue weighted by Crippen LogP contribution is -2.52. The van der Waals surface area contributed by atoms with E-state index in [1.165, 1.54) is 19.3 Å². The lowest BCUT2D eigenvalue weighted by atomic mass is 9.94. The summed E-state index contributed by atoms with van der Waals surface area (Å²) >= 11 is 0. The normalized spacial score (nSPS) is 32.2. The third-order valence-corrected chi connectivity index (χ3v) is 4.26. The maximum absolute atomic E-state index is 9.40.